The molecule has 0 spiro atoms. The molecule has 0 aliphatic carbocycles. The van der Waals surface area contributed by atoms with Crippen LogP contribution in [0.15, 0.2) is 47.4 Å². The summed E-state index contributed by atoms with van der Waals surface area (Å²) < 4.78 is 40.3. The highest BCUT2D eigenvalue weighted by Gasteiger charge is 2.31. The Hall–Kier alpha value is -3.31. The van der Waals surface area contributed by atoms with Gasteiger partial charge in [-0.1, -0.05) is 24.6 Å². The molecule has 3 amide bonds. The van der Waals surface area contributed by atoms with Gasteiger partial charge in [0, 0.05) is 44.9 Å². The largest absolute Gasteiger partial charge is 0.491 e. The van der Waals surface area contributed by atoms with Gasteiger partial charge in [0.1, 0.15) is 12.4 Å². The van der Waals surface area contributed by atoms with E-state index in [1.807, 2.05) is 34.6 Å². The number of anilines is 1. The number of sulfonamides is 1. The summed E-state index contributed by atoms with van der Waals surface area (Å²) in [5, 5.41) is 2.95. The summed E-state index contributed by atoms with van der Waals surface area (Å²) in [6.07, 6.45) is -0.340. The average Bonchev–Trinajstić information content (AvgIpc) is 2.87. The van der Waals surface area contributed by atoms with Crippen LogP contribution >= 0.6 is 0 Å². The fourth-order valence-electron chi connectivity index (χ4n) is 4.38. The van der Waals surface area contributed by atoms with Crippen LogP contribution in [0.3, 0.4) is 0 Å². The second-order valence-corrected chi connectivity index (χ2v) is 12.2. The Labute approximate surface area is 231 Å². The Kier molecular flexibility index (Phi) is 9.84. The van der Waals surface area contributed by atoms with Crippen molar-refractivity contribution >= 4 is 27.6 Å². The molecule has 3 rings (SSSR count). The first-order valence-electron chi connectivity index (χ1n) is 13.0. The Morgan fingerprint density at radius 2 is 1.77 bits per heavy atom. The fraction of sp³-hybridized carbons (Fsp3) is 0.500. The van der Waals surface area contributed by atoms with Gasteiger partial charge >= 0.3 is 6.03 Å². The van der Waals surface area contributed by atoms with Gasteiger partial charge in [-0.3, -0.25) is 9.52 Å². The summed E-state index contributed by atoms with van der Waals surface area (Å²) in [5.41, 5.74) is 1.38. The number of fused-ring (bicyclic) bond motifs is 1. The van der Waals surface area contributed by atoms with Gasteiger partial charge in [0.2, 0.25) is 0 Å². The molecule has 1 aliphatic heterocycles. The van der Waals surface area contributed by atoms with E-state index in [4.69, 9.17) is 9.47 Å². The highest BCUT2D eigenvalue weighted by Crippen LogP contribution is 2.28. The summed E-state index contributed by atoms with van der Waals surface area (Å²) in [5.74, 6) is -0.126. The molecule has 2 aromatic carbocycles. The number of nitrogens with one attached hydrogen (secondary N) is 2. The van der Waals surface area contributed by atoms with Crippen molar-refractivity contribution in [2.75, 3.05) is 38.6 Å². The predicted molar refractivity (Wildman–Crippen MR) is 151 cm³/mol. The van der Waals surface area contributed by atoms with Crippen molar-refractivity contribution in [3.8, 4) is 5.75 Å². The lowest BCUT2D eigenvalue weighted by Crippen LogP contribution is -2.52. The third-order valence-corrected chi connectivity index (χ3v) is 8.10. The van der Waals surface area contributed by atoms with Crippen LogP contribution in [0.5, 0.6) is 5.75 Å². The number of ether oxygens (including phenoxy) is 2. The molecule has 2 N–H and O–H groups in total. The van der Waals surface area contributed by atoms with E-state index in [1.165, 1.54) is 23.1 Å². The molecule has 214 valence electrons. The molecule has 0 bridgehead atoms. The van der Waals surface area contributed by atoms with Gasteiger partial charge in [-0.15, -0.1) is 0 Å². The molecule has 39 heavy (non-hydrogen) atoms. The normalized spacial score (nSPS) is 20.9. The van der Waals surface area contributed by atoms with Crippen LogP contribution < -0.4 is 14.8 Å². The highest BCUT2D eigenvalue weighted by atomic mass is 32.2. The standard InChI is InChI=1S/C28H40N4O6S/c1-18(2)29-28(34)32-15-20(4)26(37-7)16-31(6)27(33)24-14-22(10-13-25(24)38-17-21(32)5)30-39(35,36)23-11-8-19(3)9-12-23/h8-14,18,20-21,26,30H,15-17H2,1-7H3,(H,29,34)/t20-,21-,26-/m1/s1. The minimum absolute atomic E-state index is 0.0351. The quantitative estimate of drug-likeness (QED) is 0.576. The molecule has 1 aliphatic rings. The molecule has 2 aromatic rings. The number of urea groups is 1. The third-order valence-electron chi connectivity index (χ3n) is 6.70. The highest BCUT2D eigenvalue weighted by molar-refractivity contribution is 7.92. The molecule has 0 unspecified atom stereocenters. The number of benzene rings is 2. The van der Waals surface area contributed by atoms with Crippen LogP contribution in [0.4, 0.5) is 10.5 Å². The monoisotopic (exact) mass is 560 g/mol. The molecule has 1 heterocycles. The van der Waals surface area contributed by atoms with Gasteiger partial charge in [-0.2, -0.15) is 0 Å². The molecule has 10 nitrogen and oxygen atoms in total. The minimum atomic E-state index is -3.87. The zero-order valence-electron chi connectivity index (χ0n) is 23.7. The van der Waals surface area contributed by atoms with Crippen LogP contribution in [-0.4, -0.2) is 82.2 Å². The maximum Gasteiger partial charge on any atom is 0.317 e. The zero-order chi connectivity index (χ0) is 28.9. The molecule has 0 saturated heterocycles. The minimum Gasteiger partial charge on any atom is -0.491 e. The summed E-state index contributed by atoms with van der Waals surface area (Å²) >= 11 is 0. The molecule has 3 atom stereocenters. The van der Waals surface area contributed by atoms with Crippen molar-refractivity contribution in [3.63, 3.8) is 0 Å². The average molecular weight is 561 g/mol. The number of hydrogen-bond acceptors (Lipinski definition) is 6. The summed E-state index contributed by atoms with van der Waals surface area (Å²) in [7, 11) is -0.626. The number of methoxy groups -OCH3 is 1. The van der Waals surface area contributed by atoms with Crippen molar-refractivity contribution in [2.24, 2.45) is 5.92 Å². The van der Waals surface area contributed by atoms with Crippen LogP contribution in [0.1, 0.15) is 43.6 Å². The number of nitrogens with zero attached hydrogens (tertiary/aromatic N) is 2. The van der Waals surface area contributed by atoms with Crippen molar-refractivity contribution in [1.29, 1.82) is 0 Å². The SMILES string of the molecule is CO[C@@H]1CN(C)C(=O)c2cc(NS(=O)(=O)c3ccc(C)cc3)ccc2OC[C@@H](C)N(C(=O)NC(C)C)C[C@H]1C. The number of likely N-dealkylation sites (N-methyl/N-ethyl adjacent to an activating group) is 1. The van der Waals surface area contributed by atoms with Crippen LogP contribution in [0.2, 0.25) is 0 Å². The van der Waals surface area contributed by atoms with Crippen molar-refractivity contribution in [2.45, 2.75) is 57.7 Å². The molecule has 11 heteroatoms. The second-order valence-electron chi connectivity index (χ2n) is 10.5. The Morgan fingerprint density at radius 1 is 1.10 bits per heavy atom. The van der Waals surface area contributed by atoms with E-state index in [1.54, 1.807) is 43.3 Å². The van der Waals surface area contributed by atoms with Crippen LogP contribution in [-0.2, 0) is 14.8 Å². The molecule has 0 fully saturated rings. The third kappa shape index (κ3) is 7.63. The van der Waals surface area contributed by atoms with Crippen molar-refractivity contribution in [3.05, 3.63) is 53.6 Å². The number of carbonyl (C=O) groups is 2. The van der Waals surface area contributed by atoms with Gasteiger partial charge in [-0.05, 0) is 58.0 Å². The fourth-order valence-corrected chi connectivity index (χ4v) is 5.43. The number of amides is 3. The Bertz CT molecular complexity index is 1270. The van der Waals surface area contributed by atoms with Crippen molar-refractivity contribution < 1.29 is 27.5 Å². The van der Waals surface area contributed by atoms with E-state index in [0.717, 1.165) is 5.56 Å². The Balaban J connectivity index is 1.97. The van der Waals surface area contributed by atoms with E-state index in [9.17, 15) is 18.0 Å². The first-order valence-corrected chi connectivity index (χ1v) is 14.5. The van der Waals surface area contributed by atoms with Gasteiger partial charge in [0.15, 0.2) is 0 Å². The van der Waals surface area contributed by atoms with Crippen LogP contribution in [0.25, 0.3) is 0 Å². The summed E-state index contributed by atoms with van der Waals surface area (Å²) in [6.45, 7) is 10.4. The van der Waals surface area contributed by atoms with E-state index in [2.05, 4.69) is 10.0 Å². The number of hydrogen-bond donors (Lipinski definition) is 2. The van der Waals surface area contributed by atoms with Crippen LogP contribution in [0, 0.1) is 12.8 Å². The molecule has 0 radical (unpaired) electrons. The lowest BCUT2D eigenvalue weighted by atomic mass is 10.0. The zero-order valence-corrected chi connectivity index (χ0v) is 24.5. The number of carbonyl (C=O) groups excluding carboxylic acids is 2. The molecular weight excluding hydrogens is 520 g/mol. The maximum atomic E-state index is 13.6. The second kappa shape index (κ2) is 12.7. The van der Waals surface area contributed by atoms with Gasteiger partial charge in [-0.25, -0.2) is 13.2 Å². The first kappa shape index (κ1) is 30.2. The van der Waals surface area contributed by atoms with Crippen molar-refractivity contribution in [1.82, 2.24) is 15.1 Å². The topological polar surface area (TPSA) is 117 Å². The lowest BCUT2D eigenvalue weighted by molar-refractivity contribution is 0.0165. The number of aryl methyl sites for hydroxylation is 1. The molecule has 0 aromatic heterocycles. The summed E-state index contributed by atoms with van der Waals surface area (Å²) in [6, 6.07) is 10.5. The lowest BCUT2D eigenvalue weighted by Gasteiger charge is -2.36. The smallest absolute Gasteiger partial charge is 0.317 e. The van der Waals surface area contributed by atoms with E-state index < -0.39 is 10.0 Å². The van der Waals surface area contributed by atoms with Gasteiger partial charge in [0.25, 0.3) is 15.9 Å². The molecule has 0 saturated carbocycles. The number of rotatable bonds is 5. The first-order chi connectivity index (χ1) is 18.3. The Morgan fingerprint density at radius 3 is 2.38 bits per heavy atom. The van der Waals surface area contributed by atoms with Gasteiger partial charge < -0.3 is 24.6 Å². The van der Waals surface area contributed by atoms with E-state index >= 15 is 0 Å². The van der Waals surface area contributed by atoms with E-state index in [-0.39, 0.29) is 65.3 Å². The summed E-state index contributed by atoms with van der Waals surface area (Å²) in [4.78, 5) is 30.0. The maximum absolute atomic E-state index is 13.6. The predicted octanol–water partition coefficient (Wildman–Crippen LogP) is 3.72. The van der Waals surface area contributed by atoms with Gasteiger partial charge in [0.05, 0.1) is 22.6 Å². The molecular formula is C28H40N4O6S. The van der Waals surface area contributed by atoms with E-state index in [0.29, 0.717) is 12.3 Å².